The second kappa shape index (κ2) is 5.08. The van der Waals surface area contributed by atoms with Crippen LogP contribution in [0.3, 0.4) is 0 Å². The van der Waals surface area contributed by atoms with Gasteiger partial charge in [0.05, 0.1) is 6.42 Å². The van der Waals surface area contributed by atoms with Gasteiger partial charge in [-0.2, -0.15) is 0 Å². The van der Waals surface area contributed by atoms with Crippen LogP contribution in [0.1, 0.15) is 30.5 Å². The van der Waals surface area contributed by atoms with E-state index in [0.717, 1.165) is 42.7 Å². The van der Waals surface area contributed by atoms with Crippen LogP contribution in [0.4, 0.5) is 0 Å². The van der Waals surface area contributed by atoms with Gasteiger partial charge >= 0.3 is 0 Å². The lowest BCUT2D eigenvalue weighted by atomic mass is 10.1. The number of aryl methyl sites for hydroxylation is 1. The van der Waals surface area contributed by atoms with Crippen LogP contribution >= 0.6 is 0 Å². The van der Waals surface area contributed by atoms with Crippen LogP contribution in [0, 0.1) is 6.92 Å². The number of rotatable bonds is 2. The maximum atomic E-state index is 12.2. The van der Waals surface area contributed by atoms with Crippen molar-refractivity contribution in [3.8, 4) is 0 Å². The zero-order valence-electron chi connectivity index (χ0n) is 11.4. The minimum absolute atomic E-state index is 0.270. The summed E-state index contributed by atoms with van der Waals surface area (Å²) in [5.74, 6) is 0.270. The molecule has 0 aliphatic carbocycles. The maximum absolute atomic E-state index is 12.2. The van der Waals surface area contributed by atoms with Crippen molar-refractivity contribution < 1.29 is 4.79 Å². The molecule has 100 valence electrons. The van der Waals surface area contributed by atoms with E-state index >= 15 is 0 Å². The molecule has 1 aliphatic rings. The van der Waals surface area contributed by atoms with Crippen LogP contribution in [0.15, 0.2) is 24.3 Å². The van der Waals surface area contributed by atoms with Gasteiger partial charge in [-0.1, -0.05) is 6.07 Å². The number of hydrogen-bond acceptors (Lipinski definition) is 1. The fourth-order valence-corrected chi connectivity index (χ4v) is 2.87. The third-order valence-electron chi connectivity index (χ3n) is 3.88. The number of hydrogen-bond donors (Lipinski definition) is 1. The summed E-state index contributed by atoms with van der Waals surface area (Å²) in [5.41, 5.74) is 3.42. The molecule has 0 atom stereocenters. The number of fused-ring (bicyclic) bond motifs is 1. The predicted molar refractivity (Wildman–Crippen MR) is 77.2 cm³/mol. The topological polar surface area (TPSA) is 36.1 Å². The van der Waals surface area contributed by atoms with Crippen LogP contribution in [0.2, 0.25) is 0 Å². The first-order valence-electron chi connectivity index (χ1n) is 7.08. The van der Waals surface area contributed by atoms with Gasteiger partial charge in [-0.05, 0) is 55.3 Å². The van der Waals surface area contributed by atoms with E-state index in [0.29, 0.717) is 6.42 Å². The summed E-state index contributed by atoms with van der Waals surface area (Å²) >= 11 is 0. The van der Waals surface area contributed by atoms with Gasteiger partial charge in [-0.25, -0.2) is 0 Å². The lowest BCUT2D eigenvalue weighted by Crippen LogP contribution is -2.36. The first-order valence-corrected chi connectivity index (χ1v) is 7.08. The van der Waals surface area contributed by atoms with E-state index in [-0.39, 0.29) is 5.91 Å². The molecule has 0 bridgehead atoms. The lowest BCUT2D eigenvalue weighted by Gasteiger charge is -2.26. The van der Waals surface area contributed by atoms with Crippen molar-refractivity contribution >= 4 is 16.8 Å². The quantitative estimate of drug-likeness (QED) is 0.881. The van der Waals surface area contributed by atoms with Crippen molar-refractivity contribution in [2.75, 3.05) is 13.1 Å². The standard InChI is InChI=1S/C16H20N2O/c1-12-9-14-10-13(5-6-15(14)17-12)11-16(19)18-7-3-2-4-8-18/h5-6,9-10,17H,2-4,7-8,11H2,1H3. The SMILES string of the molecule is Cc1cc2cc(CC(=O)N3CCCCC3)ccc2[nH]1. The molecule has 2 heterocycles. The van der Waals surface area contributed by atoms with Crippen molar-refractivity contribution in [1.82, 2.24) is 9.88 Å². The summed E-state index contributed by atoms with van der Waals surface area (Å²) in [6, 6.07) is 8.38. The number of amides is 1. The van der Waals surface area contributed by atoms with Gasteiger partial charge < -0.3 is 9.88 Å². The molecule has 3 heteroatoms. The number of aromatic amines is 1. The van der Waals surface area contributed by atoms with E-state index in [1.807, 2.05) is 4.90 Å². The van der Waals surface area contributed by atoms with Gasteiger partial charge in [-0.15, -0.1) is 0 Å². The predicted octanol–water partition coefficient (Wildman–Crippen LogP) is 3.03. The van der Waals surface area contributed by atoms with Gasteiger partial charge in [0.15, 0.2) is 0 Å². The Kier molecular flexibility index (Phi) is 3.28. The van der Waals surface area contributed by atoms with Crippen LogP contribution in [0.5, 0.6) is 0 Å². The molecule has 0 spiro atoms. The molecule has 1 N–H and O–H groups in total. The summed E-state index contributed by atoms with van der Waals surface area (Å²) in [6.07, 6.45) is 4.10. The summed E-state index contributed by atoms with van der Waals surface area (Å²) < 4.78 is 0. The molecule has 19 heavy (non-hydrogen) atoms. The molecule has 1 aliphatic heterocycles. The highest BCUT2D eigenvalue weighted by molar-refractivity contribution is 5.84. The van der Waals surface area contributed by atoms with E-state index in [4.69, 9.17) is 0 Å². The smallest absolute Gasteiger partial charge is 0.226 e. The van der Waals surface area contributed by atoms with Gasteiger partial charge in [0.1, 0.15) is 0 Å². The third-order valence-corrected chi connectivity index (χ3v) is 3.88. The molecule has 1 aromatic carbocycles. The van der Waals surface area contributed by atoms with Crippen molar-refractivity contribution in [3.63, 3.8) is 0 Å². The van der Waals surface area contributed by atoms with E-state index in [1.54, 1.807) is 0 Å². The first-order chi connectivity index (χ1) is 9.22. The van der Waals surface area contributed by atoms with Gasteiger partial charge in [-0.3, -0.25) is 4.79 Å². The molecule has 1 saturated heterocycles. The molecular weight excluding hydrogens is 236 g/mol. The fraction of sp³-hybridized carbons (Fsp3) is 0.438. The number of carbonyl (C=O) groups excluding carboxylic acids is 1. The van der Waals surface area contributed by atoms with Crippen LogP contribution in [0.25, 0.3) is 10.9 Å². The zero-order chi connectivity index (χ0) is 13.2. The number of benzene rings is 1. The summed E-state index contributed by atoms with van der Waals surface area (Å²) in [5, 5.41) is 1.20. The Labute approximate surface area is 113 Å². The molecular formula is C16H20N2O. The van der Waals surface area contributed by atoms with E-state index in [1.165, 1.54) is 11.8 Å². The van der Waals surface area contributed by atoms with Crippen molar-refractivity contribution in [3.05, 3.63) is 35.5 Å². The Hall–Kier alpha value is -1.77. The highest BCUT2D eigenvalue weighted by atomic mass is 16.2. The van der Waals surface area contributed by atoms with Crippen molar-refractivity contribution in [2.24, 2.45) is 0 Å². The van der Waals surface area contributed by atoms with Crippen molar-refractivity contribution in [1.29, 1.82) is 0 Å². The van der Waals surface area contributed by atoms with Gasteiger partial charge in [0.25, 0.3) is 0 Å². The van der Waals surface area contributed by atoms with Crippen LogP contribution in [-0.4, -0.2) is 28.9 Å². The highest BCUT2D eigenvalue weighted by Gasteiger charge is 2.16. The monoisotopic (exact) mass is 256 g/mol. The van der Waals surface area contributed by atoms with Crippen LogP contribution in [-0.2, 0) is 11.2 Å². The molecule has 1 amide bonds. The van der Waals surface area contributed by atoms with Gasteiger partial charge in [0, 0.05) is 24.3 Å². The summed E-state index contributed by atoms with van der Waals surface area (Å²) in [4.78, 5) is 17.5. The Bertz CT molecular complexity index is 594. The maximum Gasteiger partial charge on any atom is 0.226 e. The Morgan fingerprint density at radius 1 is 1.21 bits per heavy atom. The average molecular weight is 256 g/mol. The van der Waals surface area contributed by atoms with E-state index in [2.05, 4.69) is 36.2 Å². The molecule has 0 unspecified atom stereocenters. The molecule has 3 nitrogen and oxygen atoms in total. The zero-order valence-corrected chi connectivity index (χ0v) is 11.4. The molecule has 1 aromatic heterocycles. The largest absolute Gasteiger partial charge is 0.359 e. The number of piperidine rings is 1. The molecule has 1 fully saturated rings. The average Bonchev–Trinajstić information content (AvgIpc) is 2.79. The molecule has 2 aromatic rings. The number of nitrogens with zero attached hydrogens (tertiary/aromatic N) is 1. The Morgan fingerprint density at radius 3 is 2.79 bits per heavy atom. The molecule has 0 saturated carbocycles. The van der Waals surface area contributed by atoms with Crippen LogP contribution < -0.4 is 0 Å². The fourth-order valence-electron chi connectivity index (χ4n) is 2.87. The second-order valence-electron chi connectivity index (χ2n) is 5.49. The van der Waals surface area contributed by atoms with E-state index in [9.17, 15) is 4.79 Å². The number of carbonyl (C=O) groups is 1. The Morgan fingerprint density at radius 2 is 2.00 bits per heavy atom. The number of aromatic nitrogens is 1. The minimum atomic E-state index is 0.270. The summed E-state index contributed by atoms with van der Waals surface area (Å²) in [7, 11) is 0. The minimum Gasteiger partial charge on any atom is -0.359 e. The number of nitrogens with one attached hydrogen (secondary N) is 1. The molecule has 0 radical (unpaired) electrons. The number of H-pyrrole nitrogens is 1. The lowest BCUT2D eigenvalue weighted by molar-refractivity contribution is -0.131. The van der Waals surface area contributed by atoms with Crippen molar-refractivity contribution in [2.45, 2.75) is 32.6 Å². The van der Waals surface area contributed by atoms with E-state index < -0.39 is 0 Å². The molecule has 3 rings (SSSR count). The summed E-state index contributed by atoms with van der Waals surface area (Å²) in [6.45, 7) is 3.92. The third kappa shape index (κ3) is 2.65. The highest BCUT2D eigenvalue weighted by Crippen LogP contribution is 2.18. The number of likely N-dealkylation sites (tertiary alicyclic amines) is 1. The first kappa shape index (κ1) is 12.3. The van der Waals surface area contributed by atoms with Gasteiger partial charge in [0.2, 0.25) is 5.91 Å². The second-order valence-corrected chi connectivity index (χ2v) is 5.49. The normalized spacial score (nSPS) is 15.9. The Balaban J connectivity index is 1.74.